The predicted octanol–water partition coefficient (Wildman–Crippen LogP) is 3.61. The van der Waals surface area contributed by atoms with Gasteiger partial charge in [-0.2, -0.15) is 0 Å². The van der Waals surface area contributed by atoms with Crippen molar-refractivity contribution in [1.29, 1.82) is 0 Å². The summed E-state index contributed by atoms with van der Waals surface area (Å²) < 4.78 is 4.91. The van der Waals surface area contributed by atoms with Crippen LogP contribution in [0.1, 0.15) is 47.1 Å². The Morgan fingerprint density at radius 1 is 0.962 bits per heavy atom. The smallest absolute Gasteiger partial charge is 0.255 e. The van der Waals surface area contributed by atoms with E-state index in [9.17, 15) is 9.59 Å². The maximum absolute atomic E-state index is 12.4. The number of carbonyl (C=O) groups is 2. The molecule has 2 N–H and O–H groups in total. The van der Waals surface area contributed by atoms with Gasteiger partial charge in [0.15, 0.2) is 0 Å². The van der Waals surface area contributed by atoms with E-state index >= 15 is 0 Å². The number of hydrogen-bond acceptors (Lipinski definition) is 3. The van der Waals surface area contributed by atoms with Crippen LogP contribution in [0.2, 0.25) is 0 Å². The molecule has 0 radical (unpaired) electrons. The van der Waals surface area contributed by atoms with Crippen molar-refractivity contribution in [1.82, 2.24) is 5.32 Å². The Balaban J connectivity index is 2.05. The summed E-state index contributed by atoms with van der Waals surface area (Å²) in [4.78, 5) is 24.5. The molecule has 2 amide bonds. The van der Waals surface area contributed by atoms with Crippen LogP contribution < -0.4 is 10.6 Å². The molecule has 0 heterocycles. The quantitative estimate of drug-likeness (QED) is 0.779. The third-order valence-electron chi connectivity index (χ3n) is 3.99. The third-order valence-corrected chi connectivity index (χ3v) is 3.99. The summed E-state index contributed by atoms with van der Waals surface area (Å²) in [5.41, 5.74) is 2.85. The number of anilines is 1. The maximum atomic E-state index is 12.4. The normalized spacial score (nSPS) is 11.1. The van der Waals surface area contributed by atoms with E-state index in [4.69, 9.17) is 4.74 Å². The second-order valence-corrected chi connectivity index (χ2v) is 7.11. The highest BCUT2D eigenvalue weighted by Gasteiger charge is 2.14. The van der Waals surface area contributed by atoms with Crippen LogP contribution >= 0.6 is 0 Å². The second kappa shape index (κ2) is 8.63. The zero-order valence-electron chi connectivity index (χ0n) is 15.8. The van der Waals surface area contributed by atoms with Crippen molar-refractivity contribution in [2.24, 2.45) is 0 Å². The van der Waals surface area contributed by atoms with Gasteiger partial charge in [-0.3, -0.25) is 9.59 Å². The van der Waals surface area contributed by atoms with Gasteiger partial charge in [0, 0.05) is 30.5 Å². The first kappa shape index (κ1) is 19.7. The number of ether oxygens (including phenoxy) is 1. The highest BCUT2D eigenvalue weighted by molar-refractivity contribution is 6.05. The van der Waals surface area contributed by atoms with Crippen molar-refractivity contribution in [2.75, 3.05) is 25.6 Å². The highest BCUT2D eigenvalue weighted by Crippen LogP contribution is 2.22. The molecular formula is C21H26N2O3. The van der Waals surface area contributed by atoms with Crippen LogP contribution in [0.3, 0.4) is 0 Å². The summed E-state index contributed by atoms with van der Waals surface area (Å²) in [6, 6.07) is 14.4. The molecule has 0 atom stereocenters. The minimum Gasteiger partial charge on any atom is -0.383 e. The van der Waals surface area contributed by atoms with Gasteiger partial charge in [0.1, 0.15) is 0 Å². The minimum atomic E-state index is -0.206. The van der Waals surface area contributed by atoms with Gasteiger partial charge in [-0.25, -0.2) is 0 Å². The molecule has 0 saturated heterocycles. The van der Waals surface area contributed by atoms with Crippen LogP contribution in [0.4, 0.5) is 5.69 Å². The number of amides is 2. The number of hydrogen-bond donors (Lipinski definition) is 2. The minimum absolute atomic E-state index is 0.0412. The number of nitrogens with one attached hydrogen (secondary N) is 2. The molecule has 2 rings (SSSR count). The fourth-order valence-electron chi connectivity index (χ4n) is 2.43. The summed E-state index contributed by atoms with van der Waals surface area (Å²) in [5.74, 6) is -0.407. The van der Waals surface area contributed by atoms with E-state index in [-0.39, 0.29) is 17.2 Å². The molecule has 26 heavy (non-hydrogen) atoms. The zero-order chi connectivity index (χ0) is 19.2. The number of rotatable bonds is 6. The second-order valence-electron chi connectivity index (χ2n) is 7.11. The van der Waals surface area contributed by atoms with Crippen molar-refractivity contribution < 1.29 is 14.3 Å². The Morgan fingerprint density at radius 3 is 2.27 bits per heavy atom. The van der Waals surface area contributed by atoms with Gasteiger partial charge in [0.05, 0.1) is 6.61 Å². The Morgan fingerprint density at radius 2 is 1.65 bits per heavy atom. The Bertz CT molecular complexity index is 762. The van der Waals surface area contributed by atoms with E-state index in [2.05, 4.69) is 31.4 Å². The van der Waals surface area contributed by atoms with E-state index in [1.165, 1.54) is 5.56 Å². The summed E-state index contributed by atoms with van der Waals surface area (Å²) in [5, 5.41) is 5.59. The van der Waals surface area contributed by atoms with E-state index < -0.39 is 0 Å². The molecule has 5 heteroatoms. The Labute approximate surface area is 154 Å². The summed E-state index contributed by atoms with van der Waals surface area (Å²) in [6.45, 7) is 7.28. The molecule has 0 unspecified atom stereocenters. The van der Waals surface area contributed by atoms with Crippen LogP contribution in [0.15, 0.2) is 48.5 Å². The van der Waals surface area contributed by atoms with Gasteiger partial charge in [-0.1, -0.05) is 39.0 Å². The number of methoxy groups -OCH3 is 1. The van der Waals surface area contributed by atoms with Crippen LogP contribution in [0.5, 0.6) is 0 Å². The van der Waals surface area contributed by atoms with Gasteiger partial charge < -0.3 is 15.4 Å². The van der Waals surface area contributed by atoms with Crippen LogP contribution in [-0.4, -0.2) is 32.1 Å². The SMILES string of the molecule is COCCNC(=O)c1cccc(NC(=O)c2ccc(C(C)(C)C)cc2)c1. The lowest BCUT2D eigenvalue weighted by molar-refractivity contribution is 0.0936. The number of carbonyl (C=O) groups excluding carboxylic acids is 2. The van der Waals surface area contributed by atoms with E-state index in [1.54, 1.807) is 31.4 Å². The molecule has 2 aromatic rings. The predicted molar refractivity (Wildman–Crippen MR) is 104 cm³/mol. The first-order chi connectivity index (χ1) is 12.3. The standard InChI is InChI=1S/C21H26N2O3/c1-21(2,3)17-10-8-15(9-11-17)20(25)23-18-7-5-6-16(14-18)19(24)22-12-13-26-4/h5-11,14H,12-13H2,1-4H3,(H,22,24)(H,23,25). The van der Waals surface area contributed by atoms with Crippen molar-refractivity contribution in [2.45, 2.75) is 26.2 Å². The lowest BCUT2D eigenvalue weighted by Gasteiger charge is -2.19. The Hall–Kier alpha value is -2.66. The van der Waals surface area contributed by atoms with Crippen molar-refractivity contribution in [3.8, 4) is 0 Å². The van der Waals surface area contributed by atoms with Gasteiger partial charge in [0.2, 0.25) is 0 Å². The summed E-state index contributed by atoms with van der Waals surface area (Å²) in [6.07, 6.45) is 0. The molecule has 0 aliphatic heterocycles. The molecule has 0 saturated carbocycles. The lowest BCUT2D eigenvalue weighted by Crippen LogP contribution is -2.27. The van der Waals surface area contributed by atoms with E-state index in [1.807, 2.05) is 24.3 Å². The zero-order valence-corrected chi connectivity index (χ0v) is 15.8. The molecule has 0 fully saturated rings. The number of benzene rings is 2. The maximum Gasteiger partial charge on any atom is 0.255 e. The fourth-order valence-corrected chi connectivity index (χ4v) is 2.43. The third kappa shape index (κ3) is 5.43. The molecule has 0 aliphatic rings. The fraction of sp³-hybridized carbons (Fsp3) is 0.333. The van der Waals surface area contributed by atoms with Crippen molar-refractivity contribution in [3.05, 3.63) is 65.2 Å². The largest absolute Gasteiger partial charge is 0.383 e. The van der Waals surface area contributed by atoms with Gasteiger partial charge in [-0.15, -0.1) is 0 Å². The molecule has 0 aliphatic carbocycles. The highest BCUT2D eigenvalue weighted by atomic mass is 16.5. The van der Waals surface area contributed by atoms with Crippen molar-refractivity contribution in [3.63, 3.8) is 0 Å². The molecule has 0 spiro atoms. The van der Waals surface area contributed by atoms with Gasteiger partial charge in [-0.05, 0) is 41.3 Å². The lowest BCUT2D eigenvalue weighted by atomic mass is 9.87. The molecule has 0 aromatic heterocycles. The van der Waals surface area contributed by atoms with Crippen LogP contribution in [0, 0.1) is 0 Å². The van der Waals surface area contributed by atoms with E-state index in [0.717, 1.165) is 0 Å². The summed E-state index contributed by atoms with van der Waals surface area (Å²) in [7, 11) is 1.58. The molecular weight excluding hydrogens is 328 g/mol. The van der Waals surface area contributed by atoms with Crippen LogP contribution in [0.25, 0.3) is 0 Å². The average molecular weight is 354 g/mol. The first-order valence-electron chi connectivity index (χ1n) is 8.60. The molecule has 0 bridgehead atoms. The molecule has 5 nitrogen and oxygen atoms in total. The average Bonchev–Trinajstić information content (AvgIpc) is 2.61. The molecule has 138 valence electrons. The molecule has 2 aromatic carbocycles. The van der Waals surface area contributed by atoms with Crippen molar-refractivity contribution >= 4 is 17.5 Å². The van der Waals surface area contributed by atoms with Gasteiger partial charge >= 0.3 is 0 Å². The van der Waals surface area contributed by atoms with Crippen LogP contribution in [-0.2, 0) is 10.2 Å². The monoisotopic (exact) mass is 354 g/mol. The topological polar surface area (TPSA) is 67.4 Å². The summed E-state index contributed by atoms with van der Waals surface area (Å²) >= 11 is 0. The van der Waals surface area contributed by atoms with Gasteiger partial charge in [0.25, 0.3) is 11.8 Å². The first-order valence-corrected chi connectivity index (χ1v) is 8.60. The Kier molecular flexibility index (Phi) is 6.52. The van der Waals surface area contributed by atoms with E-state index in [0.29, 0.717) is 30.0 Å².